The van der Waals surface area contributed by atoms with Gasteiger partial charge in [-0.3, -0.25) is 4.79 Å². The molecule has 1 atom stereocenters. The molecule has 0 fully saturated rings. The van der Waals surface area contributed by atoms with Gasteiger partial charge in [-0.1, -0.05) is 0 Å². The highest BCUT2D eigenvalue weighted by atomic mass is 16.4. The van der Waals surface area contributed by atoms with Crippen molar-refractivity contribution in [3.8, 4) is 0 Å². The van der Waals surface area contributed by atoms with Crippen molar-refractivity contribution in [3.63, 3.8) is 0 Å². The first kappa shape index (κ1) is 8.66. The van der Waals surface area contributed by atoms with E-state index in [0.717, 1.165) is 0 Å². The molecular formula is C6H10N4O2. The minimum Gasteiger partial charge on any atom is -0.480 e. The molecule has 0 saturated heterocycles. The summed E-state index contributed by atoms with van der Waals surface area (Å²) in [5.74, 6) is -0.456. The van der Waals surface area contributed by atoms with Crippen LogP contribution in [0.15, 0.2) is 6.33 Å². The Kier molecular flexibility index (Phi) is 2.39. The van der Waals surface area contributed by atoms with Crippen LogP contribution in [-0.2, 0) is 18.3 Å². The first-order chi connectivity index (χ1) is 5.61. The lowest BCUT2D eigenvalue weighted by atomic mass is 10.2. The number of nitrogens with zero attached hydrogens (tertiary/aromatic N) is 3. The maximum atomic E-state index is 10.4. The lowest BCUT2D eigenvalue weighted by Gasteiger charge is -2.04. The Morgan fingerprint density at radius 2 is 2.58 bits per heavy atom. The summed E-state index contributed by atoms with van der Waals surface area (Å²) in [7, 11) is 1.74. The molecule has 6 nitrogen and oxygen atoms in total. The number of carboxylic acids is 1. The Morgan fingerprint density at radius 1 is 1.92 bits per heavy atom. The third kappa shape index (κ3) is 1.79. The molecule has 3 N–H and O–H groups in total. The van der Waals surface area contributed by atoms with E-state index in [0.29, 0.717) is 5.82 Å². The highest BCUT2D eigenvalue weighted by Crippen LogP contribution is 1.95. The molecule has 0 unspecified atom stereocenters. The average Bonchev–Trinajstić information content (AvgIpc) is 2.36. The van der Waals surface area contributed by atoms with E-state index in [-0.39, 0.29) is 6.42 Å². The van der Waals surface area contributed by atoms with E-state index in [4.69, 9.17) is 10.8 Å². The van der Waals surface area contributed by atoms with Crippen molar-refractivity contribution >= 4 is 5.97 Å². The molecule has 1 heterocycles. The van der Waals surface area contributed by atoms with Gasteiger partial charge in [-0.2, -0.15) is 0 Å². The summed E-state index contributed by atoms with van der Waals surface area (Å²) in [6, 6.07) is -0.909. The fraction of sp³-hybridized carbons (Fsp3) is 0.500. The van der Waals surface area contributed by atoms with E-state index in [1.54, 1.807) is 11.6 Å². The Morgan fingerprint density at radius 3 is 3.00 bits per heavy atom. The van der Waals surface area contributed by atoms with Crippen molar-refractivity contribution in [2.24, 2.45) is 12.8 Å². The van der Waals surface area contributed by atoms with Crippen LogP contribution in [0.3, 0.4) is 0 Å². The Hall–Kier alpha value is -1.43. The van der Waals surface area contributed by atoms with Gasteiger partial charge in [0.25, 0.3) is 0 Å². The van der Waals surface area contributed by atoms with Crippen LogP contribution in [0.2, 0.25) is 0 Å². The van der Waals surface area contributed by atoms with Crippen LogP contribution in [0.25, 0.3) is 0 Å². The second-order valence-electron chi connectivity index (χ2n) is 2.51. The predicted molar refractivity (Wildman–Crippen MR) is 40.3 cm³/mol. The van der Waals surface area contributed by atoms with Gasteiger partial charge < -0.3 is 15.4 Å². The van der Waals surface area contributed by atoms with Crippen LogP contribution in [0.1, 0.15) is 5.82 Å². The topological polar surface area (TPSA) is 94.0 Å². The number of carboxylic acid groups (broad SMARTS) is 1. The van der Waals surface area contributed by atoms with Crippen LogP contribution in [0.4, 0.5) is 0 Å². The monoisotopic (exact) mass is 170 g/mol. The largest absolute Gasteiger partial charge is 0.480 e. The van der Waals surface area contributed by atoms with E-state index in [1.165, 1.54) is 6.33 Å². The third-order valence-electron chi connectivity index (χ3n) is 1.52. The summed E-state index contributed by atoms with van der Waals surface area (Å²) in [5, 5.41) is 15.8. The van der Waals surface area contributed by atoms with Crippen molar-refractivity contribution < 1.29 is 9.90 Å². The normalized spacial score (nSPS) is 12.8. The summed E-state index contributed by atoms with van der Waals surface area (Å²) in [4.78, 5) is 10.4. The molecule has 12 heavy (non-hydrogen) atoms. The number of aliphatic carboxylic acids is 1. The number of aryl methyl sites for hydroxylation is 1. The smallest absolute Gasteiger partial charge is 0.320 e. The van der Waals surface area contributed by atoms with Gasteiger partial charge in [0.1, 0.15) is 18.2 Å². The van der Waals surface area contributed by atoms with Crippen LogP contribution in [0.5, 0.6) is 0 Å². The highest BCUT2D eigenvalue weighted by Gasteiger charge is 2.14. The van der Waals surface area contributed by atoms with Gasteiger partial charge in [0.05, 0.1) is 0 Å². The van der Waals surface area contributed by atoms with Crippen LogP contribution in [0, 0.1) is 0 Å². The Labute approximate surface area is 69.0 Å². The Balaban J connectivity index is 2.64. The zero-order valence-corrected chi connectivity index (χ0v) is 6.64. The number of nitrogens with two attached hydrogens (primary N) is 1. The minimum atomic E-state index is -1.03. The van der Waals surface area contributed by atoms with Gasteiger partial charge in [0, 0.05) is 13.5 Å². The molecule has 6 heteroatoms. The van der Waals surface area contributed by atoms with Crippen LogP contribution in [-0.4, -0.2) is 31.9 Å². The summed E-state index contributed by atoms with van der Waals surface area (Å²) in [6.07, 6.45) is 1.70. The Bertz CT molecular complexity index is 283. The van der Waals surface area contributed by atoms with E-state index >= 15 is 0 Å². The molecule has 1 aromatic rings. The third-order valence-corrected chi connectivity index (χ3v) is 1.52. The SMILES string of the molecule is Cn1cnnc1C[C@H](N)C(=O)O. The maximum Gasteiger partial charge on any atom is 0.320 e. The standard InChI is InChI=1S/C6H10N4O2/c1-10-3-8-9-5(10)2-4(7)6(11)12/h3-4H,2,7H2,1H3,(H,11,12)/t4-/m0/s1. The molecule has 0 spiro atoms. The molecule has 0 aliphatic heterocycles. The number of aromatic nitrogens is 3. The summed E-state index contributed by atoms with van der Waals surface area (Å²) < 4.78 is 1.64. The predicted octanol–water partition coefficient (Wildman–Crippen LogP) is -1.23. The average molecular weight is 170 g/mol. The zero-order valence-electron chi connectivity index (χ0n) is 6.64. The van der Waals surface area contributed by atoms with Gasteiger partial charge in [-0.05, 0) is 0 Å². The first-order valence-corrected chi connectivity index (χ1v) is 3.42. The number of hydrogen-bond acceptors (Lipinski definition) is 4. The van der Waals surface area contributed by atoms with Gasteiger partial charge >= 0.3 is 5.97 Å². The molecule has 66 valence electrons. The van der Waals surface area contributed by atoms with Gasteiger partial charge in [0.2, 0.25) is 0 Å². The van der Waals surface area contributed by atoms with Gasteiger partial charge in [-0.25, -0.2) is 0 Å². The molecular weight excluding hydrogens is 160 g/mol. The number of hydrogen-bond donors (Lipinski definition) is 2. The van der Waals surface area contributed by atoms with Crippen molar-refractivity contribution in [2.45, 2.75) is 12.5 Å². The molecule has 1 aromatic heterocycles. The highest BCUT2D eigenvalue weighted by molar-refractivity contribution is 5.73. The summed E-state index contributed by atoms with van der Waals surface area (Å²) >= 11 is 0. The molecule has 0 aromatic carbocycles. The molecule has 1 rings (SSSR count). The minimum absolute atomic E-state index is 0.200. The van der Waals surface area contributed by atoms with E-state index in [1.807, 2.05) is 0 Å². The van der Waals surface area contributed by atoms with E-state index in [2.05, 4.69) is 10.2 Å². The summed E-state index contributed by atoms with van der Waals surface area (Å²) in [6.45, 7) is 0. The van der Waals surface area contributed by atoms with Crippen molar-refractivity contribution in [3.05, 3.63) is 12.2 Å². The summed E-state index contributed by atoms with van der Waals surface area (Å²) in [5.41, 5.74) is 5.30. The first-order valence-electron chi connectivity index (χ1n) is 3.42. The van der Waals surface area contributed by atoms with E-state index in [9.17, 15) is 4.79 Å². The lowest BCUT2D eigenvalue weighted by Crippen LogP contribution is -2.33. The number of rotatable bonds is 3. The zero-order chi connectivity index (χ0) is 9.14. The van der Waals surface area contributed by atoms with Crippen molar-refractivity contribution in [1.29, 1.82) is 0 Å². The second-order valence-corrected chi connectivity index (χ2v) is 2.51. The molecule has 0 saturated carbocycles. The quantitative estimate of drug-likeness (QED) is 0.592. The molecule has 0 amide bonds. The molecule has 0 aliphatic carbocycles. The van der Waals surface area contributed by atoms with Crippen LogP contribution >= 0.6 is 0 Å². The maximum absolute atomic E-state index is 10.4. The molecule has 0 bridgehead atoms. The van der Waals surface area contributed by atoms with E-state index < -0.39 is 12.0 Å². The van der Waals surface area contributed by atoms with Crippen molar-refractivity contribution in [2.75, 3.05) is 0 Å². The van der Waals surface area contributed by atoms with Gasteiger partial charge in [-0.15, -0.1) is 10.2 Å². The van der Waals surface area contributed by atoms with Crippen LogP contribution < -0.4 is 5.73 Å². The van der Waals surface area contributed by atoms with Gasteiger partial charge in [0.15, 0.2) is 0 Å². The lowest BCUT2D eigenvalue weighted by molar-refractivity contribution is -0.138. The van der Waals surface area contributed by atoms with Crippen molar-refractivity contribution in [1.82, 2.24) is 14.8 Å². The molecule has 0 radical (unpaired) electrons. The number of carbonyl (C=O) groups is 1. The molecule has 0 aliphatic rings. The fourth-order valence-corrected chi connectivity index (χ4v) is 0.776. The fourth-order valence-electron chi connectivity index (χ4n) is 0.776. The second kappa shape index (κ2) is 3.31.